The van der Waals surface area contributed by atoms with E-state index in [9.17, 15) is 14.7 Å². The van der Waals surface area contributed by atoms with Crippen molar-refractivity contribution >= 4 is 40.9 Å². The lowest BCUT2D eigenvalue weighted by Crippen LogP contribution is -2.35. The minimum Gasteiger partial charge on any atom is -0.545 e. The average molecular weight is 333 g/mol. The molecule has 0 unspecified atom stereocenters. The SMILES string of the molecule is O=C([O-])c1ccc2c(c1)N(Cc1ccccc1Cl)C(=O)CS2. The standard InChI is InChI=1S/C16H12ClNO3S/c17-12-4-2-1-3-11(12)8-18-13-7-10(16(20)21)5-6-14(13)22-9-15(18)19/h1-7H,8-9H2,(H,20,21)/p-1. The molecule has 3 rings (SSSR count). The van der Waals surface area contributed by atoms with Gasteiger partial charge in [-0.15, -0.1) is 11.8 Å². The first-order valence-electron chi connectivity index (χ1n) is 6.58. The number of amides is 1. The molecule has 22 heavy (non-hydrogen) atoms. The molecule has 0 bridgehead atoms. The molecule has 2 aromatic rings. The molecule has 0 spiro atoms. The third-order valence-corrected chi connectivity index (χ3v) is 4.84. The number of hydrogen-bond acceptors (Lipinski definition) is 4. The van der Waals surface area contributed by atoms with E-state index in [4.69, 9.17) is 11.6 Å². The summed E-state index contributed by atoms with van der Waals surface area (Å²) in [5.41, 5.74) is 1.45. The lowest BCUT2D eigenvalue weighted by atomic mass is 10.1. The number of anilines is 1. The van der Waals surface area contributed by atoms with Gasteiger partial charge in [-0.1, -0.05) is 35.9 Å². The van der Waals surface area contributed by atoms with Crippen LogP contribution in [0.1, 0.15) is 15.9 Å². The van der Waals surface area contributed by atoms with Gasteiger partial charge in [-0.3, -0.25) is 4.79 Å². The summed E-state index contributed by atoms with van der Waals surface area (Å²) in [4.78, 5) is 25.7. The normalized spacial score (nSPS) is 13.9. The number of hydrogen-bond donors (Lipinski definition) is 0. The van der Waals surface area contributed by atoms with Gasteiger partial charge in [0.1, 0.15) is 0 Å². The Labute approximate surface area is 136 Å². The molecule has 0 N–H and O–H groups in total. The fourth-order valence-electron chi connectivity index (χ4n) is 2.30. The smallest absolute Gasteiger partial charge is 0.237 e. The Morgan fingerprint density at radius 1 is 1.27 bits per heavy atom. The molecule has 0 radical (unpaired) electrons. The number of carboxylic acids is 1. The minimum absolute atomic E-state index is 0.0539. The van der Waals surface area contributed by atoms with E-state index in [-0.39, 0.29) is 11.5 Å². The maximum atomic E-state index is 12.3. The number of nitrogens with zero attached hydrogens (tertiary/aromatic N) is 1. The number of carbonyl (C=O) groups excluding carboxylic acids is 2. The second kappa shape index (κ2) is 6.02. The second-order valence-electron chi connectivity index (χ2n) is 4.83. The monoisotopic (exact) mass is 332 g/mol. The topological polar surface area (TPSA) is 60.4 Å². The molecule has 1 aliphatic rings. The van der Waals surface area contributed by atoms with Crippen LogP contribution in [0.5, 0.6) is 0 Å². The van der Waals surface area contributed by atoms with Gasteiger partial charge in [-0.25, -0.2) is 0 Å². The number of benzene rings is 2. The number of carbonyl (C=O) groups is 2. The van der Waals surface area contributed by atoms with Crippen LogP contribution in [0.25, 0.3) is 0 Å². The van der Waals surface area contributed by atoms with E-state index >= 15 is 0 Å². The molecule has 0 saturated carbocycles. The summed E-state index contributed by atoms with van der Waals surface area (Å²) in [5, 5.41) is 11.6. The van der Waals surface area contributed by atoms with Gasteiger partial charge in [0.05, 0.1) is 24.0 Å². The van der Waals surface area contributed by atoms with Crippen molar-refractivity contribution in [1.29, 1.82) is 0 Å². The van der Waals surface area contributed by atoms with Gasteiger partial charge in [0.15, 0.2) is 0 Å². The molecule has 0 fully saturated rings. The van der Waals surface area contributed by atoms with E-state index in [1.807, 2.05) is 18.2 Å². The zero-order valence-corrected chi connectivity index (χ0v) is 13.0. The minimum atomic E-state index is -1.26. The highest BCUT2D eigenvalue weighted by Gasteiger charge is 2.25. The van der Waals surface area contributed by atoms with Gasteiger partial charge < -0.3 is 14.8 Å². The Kier molecular flexibility index (Phi) is 4.09. The fraction of sp³-hybridized carbons (Fsp3) is 0.125. The summed E-state index contributed by atoms with van der Waals surface area (Å²) in [6.07, 6.45) is 0. The largest absolute Gasteiger partial charge is 0.545 e. The zero-order chi connectivity index (χ0) is 15.7. The van der Waals surface area contributed by atoms with Crippen molar-refractivity contribution in [3.63, 3.8) is 0 Å². The van der Waals surface area contributed by atoms with Crippen LogP contribution >= 0.6 is 23.4 Å². The van der Waals surface area contributed by atoms with Gasteiger partial charge in [0, 0.05) is 9.92 Å². The molecule has 0 saturated heterocycles. The molecule has 0 aromatic heterocycles. The van der Waals surface area contributed by atoms with Crippen LogP contribution in [0, 0.1) is 0 Å². The van der Waals surface area contributed by atoms with E-state index in [1.165, 1.54) is 23.9 Å². The maximum absolute atomic E-state index is 12.3. The molecule has 0 atom stereocenters. The predicted octanol–water partition coefficient (Wildman–Crippen LogP) is 2.34. The van der Waals surface area contributed by atoms with Gasteiger partial charge in [-0.2, -0.15) is 0 Å². The van der Waals surface area contributed by atoms with Crippen LogP contribution in [-0.2, 0) is 11.3 Å². The third kappa shape index (κ3) is 2.82. The molecular weight excluding hydrogens is 322 g/mol. The van der Waals surface area contributed by atoms with E-state index in [0.29, 0.717) is 23.0 Å². The van der Waals surface area contributed by atoms with Crippen LogP contribution < -0.4 is 10.0 Å². The highest BCUT2D eigenvalue weighted by Crippen LogP contribution is 2.37. The third-order valence-electron chi connectivity index (χ3n) is 3.42. The zero-order valence-electron chi connectivity index (χ0n) is 11.4. The van der Waals surface area contributed by atoms with Crippen LogP contribution in [0.4, 0.5) is 5.69 Å². The highest BCUT2D eigenvalue weighted by molar-refractivity contribution is 8.00. The van der Waals surface area contributed by atoms with E-state index in [2.05, 4.69) is 0 Å². The lowest BCUT2D eigenvalue weighted by molar-refractivity contribution is -0.255. The molecule has 2 aromatic carbocycles. The first-order valence-corrected chi connectivity index (χ1v) is 7.94. The van der Waals surface area contributed by atoms with E-state index < -0.39 is 5.97 Å². The van der Waals surface area contributed by atoms with Crippen LogP contribution in [-0.4, -0.2) is 17.6 Å². The molecule has 1 heterocycles. The lowest BCUT2D eigenvalue weighted by Gasteiger charge is -2.30. The number of fused-ring (bicyclic) bond motifs is 1. The highest BCUT2D eigenvalue weighted by atomic mass is 35.5. The summed E-state index contributed by atoms with van der Waals surface area (Å²) in [6.45, 7) is 0.308. The van der Waals surface area contributed by atoms with Gasteiger partial charge in [0.25, 0.3) is 0 Å². The van der Waals surface area contributed by atoms with E-state index in [0.717, 1.165) is 10.5 Å². The van der Waals surface area contributed by atoms with Crippen molar-refractivity contribution in [2.45, 2.75) is 11.4 Å². The summed E-state index contributed by atoms with van der Waals surface area (Å²) >= 11 is 7.55. The van der Waals surface area contributed by atoms with Crippen molar-refractivity contribution in [3.05, 3.63) is 58.6 Å². The Morgan fingerprint density at radius 2 is 2.05 bits per heavy atom. The van der Waals surface area contributed by atoms with Crippen molar-refractivity contribution in [3.8, 4) is 0 Å². The molecule has 1 amide bonds. The Bertz CT molecular complexity index is 763. The van der Waals surface area contributed by atoms with Crippen molar-refractivity contribution in [2.75, 3.05) is 10.7 Å². The molecule has 6 heteroatoms. The Hall–Kier alpha value is -1.98. The average Bonchev–Trinajstić information content (AvgIpc) is 2.51. The number of halogens is 1. The molecule has 112 valence electrons. The van der Waals surface area contributed by atoms with Gasteiger partial charge in [0.2, 0.25) is 5.91 Å². The maximum Gasteiger partial charge on any atom is 0.237 e. The molecular formula is C16H11ClNO3S-. The van der Waals surface area contributed by atoms with Gasteiger partial charge >= 0.3 is 0 Å². The van der Waals surface area contributed by atoms with Crippen LogP contribution in [0.3, 0.4) is 0 Å². The quantitative estimate of drug-likeness (QED) is 0.865. The molecule has 0 aliphatic carbocycles. The second-order valence-corrected chi connectivity index (χ2v) is 6.25. The number of rotatable bonds is 3. The fourth-order valence-corrected chi connectivity index (χ4v) is 3.41. The molecule has 4 nitrogen and oxygen atoms in total. The van der Waals surface area contributed by atoms with Crippen molar-refractivity contribution in [1.82, 2.24) is 0 Å². The predicted molar refractivity (Wildman–Crippen MR) is 84.1 cm³/mol. The van der Waals surface area contributed by atoms with Crippen molar-refractivity contribution in [2.24, 2.45) is 0 Å². The van der Waals surface area contributed by atoms with E-state index in [1.54, 1.807) is 17.0 Å². The van der Waals surface area contributed by atoms with Gasteiger partial charge in [-0.05, 0) is 29.3 Å². The Balaban J connectivity index is 2.01. The van der Waals surface area contributed by atoms with Crippen LogP contribution in [0.15, 0.2) is 47.4 Å². The first kappa shape index (κ1) is 14.9. The number of carboxylic acid groups (broad SMARTS) is 1. The number of thioether (sulfide) groups is 1. The molecule has 1 aliphatic heterocycles. The van der Waals surface area contributed by atoms with Crippen LogP contribution in [0.2, 0.25) is 5.02 Å². The summed E-state index contributed by atoms with van der Waals surface area (Å²) in [6, 6.07) is 12.0. The first-order chi connectivity index (χ1) is 10.6. The summed E-state index contributed by atoms with van der Waals surface area (Å²) < 4.78 is 0. The summed E-state index contributed by atoms with van der Waals surface area (Å²) in [7, 11) is 0. The van der Waals surface area contributed by atoms with Crippen molar-refractivity contribution < 1.29 is 14.7 Å². The Morgan fingerprint density at radius 3 is 2.77 bits per heavy atom. The summed E-state index contributed by atoms with van der Waals surface area (Å²) in [5.74, 6) is -1.02. The number of aromatic carboxylic acids is 1.